The number of rotatable bonds is 6. The van der Waals surface area contributed by atoms with Gasteiger partial charge in [0.1, 0.15) is 6.04 Å². The summed E-state index contributed by atoms with van der Waals surface area (Å²) in [5, 5.41) is 17.5. The van der Waals surface area contributed by atoms with Crippen molar-refractivity contribution in [2.75, 3.05) is 12.0 Å². The molecule has 0 fully saturated rings. The molecule has 0 aliphatic carbocycles. The molecule has 1 amide bonds. The van der Waals surface area contributed by atoms with Crippen LogP contribution < -0.4 is 5.32 Å². The molecule has 1 aromatic heterocycles. The zero-order valence-corrected chi connectivity index (χ0v) is 9.58. The number of hydrogen-bond donors (Lipinski definition) is 3. The molecule has 1 unspecified atom stereocenters. The van der Waals surface area contributed by atoms with Gasteiger partial charge in [0, 0.05) is 6.20 Å². The third kappa shape index (κ3) is 3.58. The van der Waals surface area contributed by atoms with E-state index in [1.807, 2.05) is 6.26 Å². The fourth-order valence-corrected chi connectivity index (χ4v) is 1.58. The van der Waals surface area contributed by atoms with Gasteiger partial charge in [-0.1, -0.05) is 0 Å². The Balaban J connectivity index is 2.54. The van der Waals surface area contributed by atoms with Gasteiger partial charge in [0.25, 0.3) is 5.91 Å². The van der Waals surface area contributed by atoms with Gasteiger partial charge in [0.05, 0.1) is 11.8 Å². The fourth-order valence-electron chi connectivity index (χ4n) is 1.11. The topological polar surface area (TPSA) is 95.1 Å². The Morgan fingerprint density at radius 3 is 2.94 bits per heavy atom. The van der Waals surface area contributed by atoms with E-state index in [1.165, 1.54) is 24.2 Å². The Hall–Kier alpha value is -1.50. The summed E-state index contributed by atoms with van der Waals surface area (Å²) < 4.78 is 0. The van der Waals surface area contributed by atoms with Crippen molar-refractivity contribution in [3.63, 3.8) is 0 Å². The van der Waals surface area contributed by atoms with Gasteiger partial charge in [0.2, 0.25) is 0 Å². The van der Waals surface area contributed by atoms with E-state index in [0.717, 1.165) is 0 Å². The smallest absolute Gasteiger partial charge is 0.326 e. The molecule has 0 saturated heterocycles. The van der Waals surface area contributed by atoms with Gasteiger partial charge >= 0.3 is 5.97 Å². The van der Waals surface area contributed by atoms with Gasteiger partial charge in [-0.2, -0.15) is 16.9 Å². The third-order valence-corrected chi connectivity index (χ3v) is 2.62. The average molecular weight is 243 g/mol. The van der Waals surface area contributed by atoms with Crippen molar-refractivity contribution >= 4 is 23.6 Å². The number of amides is 1. The Morgan fingerprint density at radius 1 is 1.69 bits per heavy atom. The molecule has 0 saturated carbocycles. The summed E-state index contributed by atoms with van der Waals surface area (Å²) in [5.74, 6) is -0.768. The van der Waals surface area contributed by atoms with Crippen molar-refractivity contribution in [2.24, 2.45) is 0 Å². The number of thioether (sulfide) groups is 1. The van der Waals surface area contributed by atoms with Crippen LogP contribution in [0.2, 0.25) is 0 Å². The lowest BCUT2D eigenvalue weighted by molar-refractivity contribution is -0.139. The van der Waals surface area contributed by atoms with Crippen LogP contribution in [-0.2, 0) is 4.79 Å². The number of aromatic nitrogens is 2. The monoisotopic (exact) mass is 243 g/mol. The highest BCUT2D eigenvalue weighted by Crippen LogP contribution is 2.02. The van der Waals surface area contributed by atoms with Crippen LogP contribution in [-0.4, -0.2) is 45.2 Å². The van der Waals surface area contributed by atoms with E-state index in [-0.39, 0.29) is 0 Å². The molecule has 88 valence electrons. The molecule has 1 heterocycles. The quantitative estimate of drug-likeness (QED) is 0.670. The molecule has 0 aliphatic rings. The van der Waals surface area contributed by atoms with Crippen LogP contribution in [0, 0.1) is 0 Å². The van der Waals surface area contributed by atoms with E-state index in [2.05, 4.69) is 15.5 Å². The van der Waals surface area contributed by atoms with E-state index < -0.39 is 17.9 Å². The van der Waals surface area contributed by atoms with Crippen LogP contribution in [0.25, 0.3) is 0 Å². The average Bonchev–Trinajstić information content (AvgIpc) is 2.76. The fraction of sp³-hybridized carbons (Fsp3) is 0.444. The summed E-state index contributed by atoms with van der Waals surface area (Å²) >= 11 is 1.54. The first kappa shape index (κ1) is 12.6. The summed E-state index contributed by atoms with van der Waals surface area (Å²) in [7, 11) is 0. The SMILES string of the molecule is CSCCC(NC(=O)c1cn[nH]c1)C(=O)O. The maximum atomic E-state index is 11.5. The number of nitrogens with zero attached hydrogens (tertiary/aromatic N) is 1. The van der Waals surface area contributed by atoms with E-state index in [1.54, 1.807) is 0 Å². The highest BCUT2D eigenvalue weighted by Gasteiger charge is 2.20. The third-order valence-electron chi connectivity index (χ3n) is 1.97. The Morgan fingerprint density at radius 2 is 2.44 bits per heavy atom. The highest BCUT2D eigenvalue weighted by molar-refractivity contribution is 7.98. The summed E-state index contributed by atoms with van der Waals surface area (Å²) in [6.07, 6.45) is 5.06. The maximum absolute atomic E-state index is 11.5. The van der Waals surface area contributed by atoms with Gasteiger partial charge in [-0.3, -0.25) is 9.89 Å². The van der Waals surface area contributed by atoms with Gasteiger partial charge in [-0.25, -0.2) is 4.79 Å². The second-order valence-electron chi connectivity index (χ2n) is 3.13. The van der Waals surface area contributed by atoms with Gasteiger partial charge < -0.3 is 10.4 Å². The second kappa shape index (κ2) is 6.16. The van der Waals surface area contributed by atoms with Gasteiger partial charge in [-0.05, 0) is 18.4 Å². The van der Waals surface area contributed by atoms with E-state index in [4.69, 9.17) is 5.11 Å². The summed E-state index contributed by atoms with van der Waals surface area (Å²) in [6.45, 7) is 0. The molecule has 0 aliphatic heterocycles. The zero-order chi connectivity index (χ0) is 12.0. The lowest BCUT2D eigenvalue weighted by atomic mass is 10.2. The van der Waals surface area contributed by atoms with Crippen LogP contribution in [0.1, 0.15) is 16.8 Å². The number of carbonyl (C=O) groups is 2. The minimum Gasteiger partial charge on any atom is -0.480 e. The molecule has 0 bridgehead atoms. The van der Waals surface area contributed by atoms with Gasteiger partial charge in [0.15, 0.2) is 0 Å². The molecule has 0 radical (unpaired) electrons. The van der Waals surface area contributed by atoms with Crippen LogP contribution >= 0.6 is 11.8 Å². The van der Waals surface area contributed by atoms with Crippen LogP contribution in [0.5, 0.6) is 0 Å². The highest BCUT2D eigenvalue weighted by atomic mass is 32.2. The number of hydrogen-bond acceptors (Lipinski definition) is 4. The Bertz CT molecular complexity index is 353. The molecule has 1 aromatic rings. The van der Waals surface area contributed by atoms with Crippen molar-refractivity contribution in [3.8, 4) is 0 Å². The number of aliphatic carboxylic acids is 1. The number of H-pyrrole nitrogens is 1. The van der Waals surface area contributed by atoms with Crippen LogP contribution in [0.15, 0.2) is 12.4 Å². The molecular weight excluding hydrogens is 230 g/mol. The van der Waals surface area contributed by atoms with E-state index in [9.17, 15) is 9.59 Å². The minimum atomic E-state index is -1.02. The zero-order valence-electron chi connectivity index (χ0n) is 8.77. The number of carboxylic acid groups (broad SMARTS) is 1. The first-order valence-corrected chi connectivity index (χ1v) is 6.06. The normalized spacial score (nSPS) is 12.1. The summed E-state index contributed by atoms with van der Waals surface area (Å²) in [6, 6.07) is -0.852. The lowest BCUT2D eigenvalue weighted by Crippen LogP contribution is -2.41. The van der Waals surface area contributed by atoms with Crippen LogP contribution in [0.3, 0.4) is 0 Å². The molecule has 16 heavy (non-hydrogen) atoms. The number of carboxylic acids is 1. The second-order valence-corrected chi connectivity index (χ2v) is 4.12. The van der Waals surface area contributed by atoms with E-state index in [0.29, 0.717) is 17.7 Å². The molecule has 1 rings (SSSR count). The predicted octanol–water partition coefficient (Wildman–Crippen LogP) is 0.346. The van der Waals surface area contributed by atoms with Crippen molar-refractivity contribution in [1.29, 1.82) is 0 Å². The minimum absolute atomic E-state index is 0.329. The Kier molecular flexibility index (Phi) is 4.84. The first-order valence-electron chi connectivity index (χ1n) is 4.66. The molecule has 7 heteroatoms. The number of carbonyl (C=O) groups excluding carboxylic acids is 1. The van der Waals surface area contributed by atoms with Crippen molar-refractivity contribution in [1.82, 2.24) is 15.5 Å². The summed E-state index contributed by atoms with van der Waals surface area (Å²) in [5.41, 5.74) is 0.329. The molecule has 6 nitrogen and oxygen atoms in total. The standard InChI is InChI=1S/C9H13N3O3S/c1-16-3-2-7(9(14)15)12-8(13)6-4-10-11-5-6/h4-5,7H,2-3H2,1H3,(H,10,11)(H,12,13)(H,14,15). The Labute approximate surface area is 96.8 Å². The van der Waals surface area contributed by atoms with Gasteiger partial charge in [-0.15, -0.1) is 0 Å². The first-order chi connectivity index (χ1) is 7.65. The summed E-state index contributed by atoms with van der Waals surface area (Å²) in [4.78, 5) is 22.4. The largest absolute Gasteiger partial charge is 0.480 e. The molecule has 0 aromatic carbocycles. The van der Waals surface area contributed by atoms with Crippen molar-refractivity contribution < 1.29 is 14.7 Å². The molecular formula is C9H13N3O3S. The lowest BCUT2D eigenvalue weighted by Gasteiger charge is -2.12. The van der Waals surface area contributed by atoms with Crippen molar-refractivity contribution in [3.05, 3.63) is 18.0 Å². The number of nitrogens with one attached hydrogen (secondary N) is 2. The molecule has 1 atom stereocenters. The number of aromatic amines is 1. The van der Waals surface area contributed by atoms with Crippen LogP contribution in [0.4, 0.5) is 0 Å². The van der Waals surface area contributed by atoms with Crippen molar-refractivity contribution in [2.45, 2.75) is 12.5 Å². The maximum Gasteiger partial charge on any atom is 0.326 e. The van der Waals surface area contributed by atoms with E-state index >= 15 is 0 Å². The molecule has 0 spiro atoms. The predicted molar refractivity (Wildman–Crippen MR) is 60.5 cm³/mol. The molecule has 3 N–H and O–H groups in total.